The fourth-order valence-corrected chi connectivity index (χ4v) is 2.55. The molecule has 2 aromatic rings. The number of halogens is 1. The molecule has 0 unspecified atom stereocenters. The van der Waals surface area contributed by atoms with Gasteiger partial charge in [0.1, 0.15) is 5.75 Å². The highest BCUT2D eigenvalue weighted by Gasteiger charge is 2.12. The lowest BCUT2D eigenvalue weighted by molar-refractivity contribution is 0.235. The molecular weight excluding hydrogens is 342 g/mol. The van der Waals surface area contributed by atoms with Crippen LogP contribution in [0, 0.1) is 5.41 Å². The van der Waals surface area contributed by atoms with E-state index in [2.05, 4.69) is 15.6 Å². The van der Waals surface area contributed by atoms with Crippen molar-refractivity contribution in [2.45, 2.75) is 27.2 Å². The van der Waals surface area contributed by atoms with E-state index in [1.165, 1.54) is 0 Å². The van der Waals surface area contributed by atoms with Gasteiger partial charge < -0.3 is 20.4 Å². The number of methoxy groups -OCH3 is 1. The van der Waals surface area contributed by atoms with Crippen molar-refractivity contribution in [3.8, 4) is 5.75 Å². The summed E-state index contributed by atoms with van der Waals surface area (Å²) < 4.78 is 5.20. The van der Waals surface area contributed by atoms with Crippen LogP contribution in [-0.2, 0) is 6.42 Å². The van der Waals surface area contributed by atoms with Crippen LogP contribution in [0.1, 0.15) is 26.3 Å². The first-order chi connectivity index (χ1) is 11.7. The Bertz CT molecular complexity index is 825. The normalized spacial score (nSPS) is 11.4. The van der Waals surface area contributed by atoms with Gasteiger partial charge in [-0.25, -0.2) is 4.79 Å². The lowest BCUT2D eigenvalue weighted by atomic mass is 9.97. The van der Waals surface area contributed by atoms with Crippen molar-refractivity contribution in [3.05, 3.63) is 39.1 Å². The van der Waals surface area contributed by atoms with E-state index in [9.17, 15) is 9.59 Å². The fourth-order valence-electron chi connectivity index (χ4n) is 2.31. The molecule has 0 saturated heterocycles. The summed E-state index contributed by atoms with van der Waals surface area (Å²) in [6.45, 7) is 7.08. The minimum absolute atomic E-state index is 0.0210. The van der Waals surface area contributed by atoms with Crippen LogP contribution < -0.4 is 20.9 Å². The maximum atomic E-state index is 12.2. The molecule has 2 rings (SSSR count). The Labute approximate surface area is 151 Å². The van der Waals surface area contributed by atoms with Crippen LogP contribution >= 0.6 is 11.6 Å². The van der Waals surface area contributed by atoms with Crippen LogP contribution in [0.2, 0.25) is 5.02 Å². The molecule has 1 heterocycles. The maximum absolute atomic E-state index is 12.2. The van der Waals surface area contributed by atoms with Gasteiger partial charge in [-0.05, 0) is 30.0 Å². The van der Waals surface area contributed by atoms with Gasteiger partial charge in [0, 0.05) is 24.0 Å². The van der Waals surface area contributed by atoms with Gasteiger partial charge in [0.15, 0.2) is 0 Å². The summed E-state index contributed by atoms with van der Waals surface area (Å²) in [5.74, 6) is 0.548. The Balaban J connectivity index is 2.03. The molecule has 0 spiro atoms. The largest absolute Gasteiger partial charge is 0.495 e. The minimum Gasteiger partial charge on any atom is -0.495 e. The summed E-state index contributed by atoms with van der Waals surface area (Å²) in [5.41, 5.74) is 1.07. The third-order valence-electron chi connectivity index (χ3n) is 3.65. The third-order valence-corrected chi connectivity index (χ3v) is 3.95. The molecule has 2 amide bonds. The van der Waals surface area contributed by atoms with Gasteiger partial charge in [0.25, 0.3) is 5.56 Å². The van der Waals surface area contributed by atoms with Gasteiger partial charge in [-0.15, -0.1) is 0 Å². The van der Waals surface area contributed by atoms with E-state index in [1.807, 2.05) is 20.8 Å². The number of pyridine rings is 1. The maximum Gasteiger partial charge on any atom is 0.314 e. The van der Waals surface area contributed by atoms with Crippen molar-refractivity contribution in [3.63, 3.8) is 0 Å². The lowest BCUT2D eigenvalue weighted by Crippen LogP contribution is -2.40. The highest BCUT2D eigenvalue weighted by molar-refractivity contribution is 6.32. The summed E-state index contributed by atoms with van der Waals surface area (Å²) in [6, 6.07) is 5.00. The molecule has 1 aromatic carbocycles. The van der Waals surface area contributed by atoms with E-state index in [0.29, 0.717) is 41.4 Å². The zero-order valence-electron chi connectivity index (χ0n) is 15.0. The molecule has 0 saturated carbocycles. The van der Waals surface area contributed by atoms with E-state index >= 15 is 0 Å². The van der Waals surface area contributed by atoms with Gasteiger partial charge in [0.05, 0.1) is 17.6 Å². The van der Waals surface area contributed by atoms with Crippen molar-refractivity contribution in [2.24, 2.45) is 5.41 Å². The molecule has 0 atom stereocenters. The van der Waals surface area contributed by atoms with Crippen LogP contribution in [0.3, 0.4) is 0 Å². The molecule has 25 heavy (non-hydrogen) atoms. The number of hydrogen-bond acceptors (Lipinski definition) is 3. The van der Waals surface area contributed by atoms with Crippen LogP contribution in [0.4, 0.5) is 4.79 Å². The average molecular weight is 366 g/mol. The van der Waals surface area contributed by atoms with Crippen LogP contribution in [0.5, 0.6) is 5.75 Å². The molecule has 6 nitrogen and oxygen atoms in total. The number of rotatable bonds is 5. The first kappa shape index (κ1) is 19.1. The first-order valence-electron chi connectivity index (χ1n) is 8.11. The molecular formula is C18H24ClN3O3. The number of hydrogen-bond donors (Lipinski definition) is 3. The molecule has 136 valence electrons. The van der Waals surface area contributed by atoms with Gasteiger partial charge >= 0.3 is 6.03 Å². The summed E-state index contributed by atoms with van der Waals surface area (Å²) in [7, 11) is 1.54. The molecule has 0 aliphatic carbocycles. The average Bonchev–Trinajstić information content (AvgIpc) is 2.52. The molecule has 3 N–H and O–H groups in total. The number of nitrogens with one attached hydrogen (secondary N) is 3. The zero-order chi connectivity index (χ0) is 18.6. The fraction of sp³-hybridized carbons (Fsp3) is 0.444. The van der Waals surface area contributed by atoms with Crippen molar-refractivity contribution in [1.29, 1.82) is 0 Å². The summed E-state index contributed by atoms with van der Waals surface area (Å²) in [5, 5.41) is 6.84. The topological polar surface area (TPSA) is 83.2 Å². The molecule has 0 bridgehead atoms. The standard InChI is InChI=1S/C18H24ClN3O3/c1-18(2,3)10-21-17(24)20-6-5-11-7-12-8-15(25-4)13(19)9-14(12)22-16(11)23/h7-9H,5-6,10H2,1-4H3,(H,22,23)(H2,20,21,24). The van der Waals surface area contributed by atoms with Crippen molar-refractivity contribution < 1.29 is 9.53 Å². The molecule has 0 aliphatic heterocycles. The number of benzene rings is 1. The molecule has 1 aromatic heterocycles. The second kappa shape index (κ2) is 7.78. The van der Waals surface area contributed by atoms with E-state index in [1.54, 1.807) is 25.3 Å². The second-order valence-corrected chi connectivity index (χ2v) is 7.53. The highest BCUT2D eigenvalue weighted by atomic mass is 35.5. The first-order valence-corrected chi connectivity index (χ1v) is 8.48. The quantitative estimate of drug-likeness (QED) is 0.761. The van der Waals surface area contributed by atoms with E-state index < -0.39 is 0 Å². The number of H-pyrrole nitrogens is 1. The monoisotopic (exact) mass is 365 g/mol. The number of carbonyl (C=O) groups is 1. The van der Waals surface area contributed by atoms with Crippen LogP contribution in [-0.4, -0.2) is 31.2 Å². The minimum atomic E-state index is -0.236. The molecule has 0 aliphatic rings. The Hall–Kier alpha value is -2.21. The van der Waals surface area contributed by atoms with Crippen LogP contribution in [0.15, 0.2) is 23.0 Å². The molecule has 7 heteroatoms. The number of amides is 2. The Morgan fingerprint density at radius 3 is 2.60 bits per heavy atom. The number of fused-ring (bicyclic) bond motifs is 1. The molecule has 0 fully saturated rings. The summed E-state index contributed by atoms with van der Waals surface area (Å²) >= 11 is 6.07. The van der Waals surface area contributed by atoms with Crippen molar-refractivity contribution >= 4 is 28.5 Å². The van der Waals surface area contributed by atoms with Gasteiger partial charge in [-0.3, -0.25) is 4.79 Å². The highest BCUT2D eigenvalue weighted by Crippen LogP contribution is 2.28. The van der Waals surface area contributed by atoms with E-state index in [-0.39, 0.29) is 17.0 Å². The number of aromatic amines is 1. The Kier molecular flexibility index (Phi) is 5.95. The number of urea groups is 1. The predicted octanol–water partition coefficient (Wildman–Crippen LogP) is 3.08. The van der Waals surface area contributed by atoms with Gasteiger partial charge in [-0.2, -0.15) is 0 Å². The SMILES string of the molecule is COc1cc2cc(CCNC(=O)NCC(C)(C)C)c(=O)[nH]c2cc1Cl. The number of aromatic nitrogens is 1. The molecule has 0 radical (unpaired) electrons. The van der Waals surface area contributed by atoms with Gasteiger partial charge in [-0.1, -0.05) is 32.4 Å². The van der Waals surface area contributed by atoms with Crippen molar-refractivity contribution in [1.82, 2.24) is 15.6 Å². The van der Waals surface area contributed by atoms with E-state index in [0.717, 1.165) is 5.39 Å². The number of carbonyl (C=O) groups excluding carboxylic acids is 1. The zero-order valence-corrected chi connectivity index (χ0v) is 15.7. The second-order valence-electron chi connectivity index (χ2n) is 7.12. The Morgan fingerprint density at radius 2 is 1.96 bits per heavy atom. The Morgan fingerprint density at radius 1 is 1.24 bits per heavy atom. The van der Waals surface area contributed by atoms with E-state index in [4.69, 9.17) is 16.3 Å². The smallest absolute Gasteiger partial charge is 0.314 e. The lowest BCUT2D eigenvalue weighted by Gasteiger charge is -2.18. The third kappa shape index (κ3) is 5.39. The number of ether oxygens (including phenoxy) is 1. The van der Waals surface area contributed by atoms with Gasteiger partial charge in [0.2, 0.25) is 0 Å². The van der Waals surface area contributed by atoms with Crippen molar-refractivity contribution in [2.75, 3.05) is 20.2 Å². The summed E-state index contributed by atoms with van der Waals surface area (Å²) in [4.78, 5) is 26.7. The van der Waals surface area contributed by atoms with Crippen LogP contribution in [0.25, 0.3) is 10.9 Å². The summed E-state index contributed by atoms with van der Waals surface area (Å²) in [6.07, 6.45) is 0.430. The predicted molar refractivity (Wildman–Crippen MR) is 101 cm³/mol.